The molecule has 1 amide bonds. The Morgan fingerprint density at radius 3 is 2.94 bits per heavy atom. The Labute approximate surface area is 100 Å². The number of nitrogens with zero attached hydrogens (tertiary/aromatic N) is 2. The van der Waals surface area contributed by atoms with Crippen LogP contribution >= 0.6 is 0 Å². The molecule has 1 aliphatic rings. The molecule has 1 fully saturated rings. The predicted molar refractivity (Wildman–Crippen MR) is 63.5 cm³/mol. The molecule has 17 heavy (non-hydrogen) atoms. The minimum Gasteiger partial charge on any atom is -0.379 e. The van der Waals surface area contributed by atoms with Crippen molar-refractivity contribution in [1.29, 1.82) is 0 Å². The van der Waals surface area contributed by atoms with Gasteiger partial charge in [-0.2, -0.15) is 5.10 Å². The second-order valence-electron chi connectivity index (χ2n) is 4.79. The van der Waals surface area contributed by atoms with E-state index in [9.17, 15) is 4.79 Å². The van der Waals surface area contributed by atoms with Gasteiger partial charge in [0.15, 0.2) is 0 Å². The van der Waals surface area contributed by atoms with Gasteiger partial charge in [-0.15, -0.1) is 0 Å². The first-order valence-electron chi connectivity index (χ1n) is 5.59. The highest BCUT2D eigenvalue weighted by atomic mass is 16.5. The van der Waals surface area contributed by atoms with Crippen LogP contribution in [0.2, 0.25) is 0 Å². The van der Waals surface area contributed by atoms with Crippen LogP contribution in [0.4, 0.5) is 5.82 Å². The number of hydrogen-bond donors (Lipinski definition) is 2. The number of ether oxygens (including phenoxy) is 1. The Bertz CT molecular complexity index is 443. The van der Waals surface area contributed by atoms with Crippen molar-refractivity contribution >= 4 is 11.7 Å². The van der Waals surface area contributed by atoms with Crippen LogP contribution in [0.5, 0.6) is 0 Å². The van der Waals surface area contributed by atoms with Gasteiger partial charge in [-0.05, 0) is 13.8 Å². The molecule has 0 bridgehead atoms. The Balaban J connectivity index is 2.14. The molecule has 6 nitrogen and oxygen atoms in total. The zero-order valence-corrected chi connectivity index (χ0v) is 10.4. The van der Waals surface area contributed by atoms with Crippen LogP contribution < -0.4 is 11.1 Å². The van der Waals surface area contributed by atoms with Crippen LogP contribution in [0.25, 0.3) is 0 Å². The smallest absolute Gasteiger partial charge is 0.235 e. The van der Waals surface area contributed by atoms with Crippen LogP contribution in [0, 0.1) is 12.3 Å². The summed E-state index contributed by atoms with van der Waals surface area (Å²) in [4.78, 5) is 12.2. The van der Waals surface area contributed by atoms with E-state index in [0.29, 0.717) is 19.0 Å². The third-order valence-corrected chi connectivity index (χ3v) is 3.28. The molecule has 1 aliphatic heterocycles. The number of rotatable bonds is 2. The lowest BCUT2D eigenvalue weighted by Gasteiger charge is -2.25. The number of carbonyl (C=O) groups is 1. The third-order valence-electron chi connectivity index (χ3n) is 3.28. The van der Waals surface area contributed by atoms with E-state index in [1.165, 1.54) is 0 Å². The lowest BCUT2D eigenvalue weighted by Crippen LogP contribution is -2.47. The fourth-order valence-corrected chi connectivity index (χ4v) is 1.91. The molecule has 1 aromatic rings. The molecule has 0 radical (unpaired) electrons. The van der Waals surface area contributed by atoms with Crippen molar-refractivity contribution in [3.63, 3.8) is 0 Å². The van der Waals surface area contributed by atoms with Crippen molar-refractivity contribution < 1.29 is 9.53 Å². The van der Waals surface area contributed by atoms with E-state index < -0.39 is 5.41 Å². The minimum atomic E-state index is -0.668. The SMILES string of the molecule is Cc1cc(NC(=O)C2(C)COCC2N)n(C)n1. The van der Waals surface area contributed by atoms with E-state index in [4.69, 9.17) is 10.5 Å². The summed E-state index contributed by atoms with van der Waals surface area (Å²) < 4.78 is 6.90. The van der Waals surface area contributed by atoms with Crippen LogP contribution in [0.15, 0.2) is 6.07 Å². The van der Waals surface area contributed by atoms with Crippen molar-refractivity contribution in [2.75, 3.05) is 18.5 Å². The third kappa shape index (κ3) is 2.05. The molecular weight excluding hydrogens is 220 g/mol. The highest BCUT2D eigenvalue weighted by molar-refractivity contribution is 5.95. The van der Waals surface area contributed by atoms with Crippen LogP contribution in [-0.2, 0) is 16.6 Å². The van der Waals surface area contributed by atoms with Crippen LogP contribution in [-0.4, -0.2) is 34.9 Å². The van der Waals surface area contributed by atoms with E-state index >= 15 is 0 Å². The first-order chi connectivity index (χ1) is 7.93. The Morgan fingerprint density at radius 2 is 2.47 bits per heavy atom. The molecular formula is C11H18N4O2. The fourth-order valence-electron chi connectivity index (χ4n) is 1.91. The molecule has 0 aromatic carbocycles. The van der Waals surface area contributed by atoms with Gasteiger partial charge in [0, 0.05) is 19.2 Å². The number of nitrogens with two attached hydrogens (primary N) is 1. The Morgan fingerprint density at radius 1 is 1.76 bits per heavy atom. The Kier molecular flexibility index (Phi) is 2.92. The van der Waals surface area contributed by atoms with Crippen LogP contribution in [0.1, 0.15) is 12.6 Å². The molecule has 3 N–H and O–H groups in total. The van der Waals surface area contributed by atoms with Gasteiger partial charge in [-0.3, -0.25) is 9.48 Å². The van der Waals surface area contributed by atoms with Crippen molar-refractivity contribution in [2.24, 2.45) is 18.2 Å². The van der Waals surface area contributed by atoms with Gasteiger partial charge >= 0.3 is 0 Å². The van der Waals surface area contributed by atoms with Gasteiger partial charge < -0.3 is 15.8 Å². The highest BCUT2D eigenvalue weighted by Crippen LogP contribution is 2.28. The van der Waals surface area contributed by atoms with Crippen molar-refractivity contribution in [2.45, 2.75) is 19.9 Å². The number of hydrogen-bond acceptors (Lipinski definition) is 4. The van der Waals surface area contributed by atoms with E-state index in [1.54, 1.807) is 11.7 Å². The number of carbonyl (C=O) groups excluding carboxylic acids is 1. The maximum atomic E-state index is 12.2. The molecule has 0 aliphatic carbocycles. The van der Waals surface area contributed by atoms with Gasteiger partial charge in [-0.25, -0.2) is 0 Å². The molecule has 2 unspecified atom stereocenters. The molecule has 2 atom stereocenters. The molecule has 1 saturated heterocycles. The minimum absolute atomic E-state index is 0.120. The maximum absolute atomic E-state index is 12.2. The summed E-state index contributed by atoms with van der Waals surface area (Å²) in [5.74, 6) is 0.554. The van der Waals surface area contributed by atoms with E-state index in [-0.39, 0.29) is 11.9 Å². The average molecular weight is 238 g/mol. The zero-order chi connectivity index (χ0) is 12.6. The van der Waals surface area contributed by atoms with Gasteiger partial charge in [0.25, 0.3) is 0 Å². The summed E-state index contributed by atoms with van der Waals surface area (Å²) in [6.07, 6.45) is 0. The van der Waals surface area contributed by atoms with E-state index in [2.05, 4.69) is 10.4 Å². The highest BCUT2D eigenvalue weighted by Gasteiger charge is 2.44. The van der Waals surface area contributed by atoms with Gasteiger partial charge in [0.05, 0.1) is 24.3 Å². The molecule has 1 aromatic heterocycles. The molecule has 0 spiro atoms. The summed E-state index contributed by atoms with van der Waals surface area (Å²) in [6, 6.07) is 1.56. The van der Waals surface area contributed by atoms with Gasteiger partial charge in [-0.1, -0.05) is 0 Å². The first kappa shape index (κ1) is 12.1. The number of amides is 1. The second-order valence-corrected chi connectivity index (χ2v) is 4.79. The van der Waals surface area contributed by atoms with E-state index in [1.807, 2.05) is 19.9 Å². The number of anilines is 1. The van der Waals surface area contributed by atoms with Crippen molar-refractivity contribution in [1.82, 2.24) is 9.78 Å². The topological polar surface area (TPSA) is 82.2 Å². The molecule has 94 valence electrons. The van der Waals surface area contributed by atoms with Crippen molar-refractivity contribution in [3.05, 3.63) is 11.8 Å². The predicted octanol–water partition coefficient (Wildman–Crippen LogP) is 0.0308. The van der Waals surface area contributed by atoms with Gasteiger partial charge in [0.1, 0.15) is 5.82 Å². The normalized spacial score (nSPS) is 28.4. The fraction of sp³-hybridized carbons (Fsp3) is 0.636. The molecule has 6 heteroatoms. The quantitative estimate of drug-likeness (QED) is 0.761. The number of nitrogens with one attached hydrogen (secondary N) is 1. The molecule has 2 heterocycles. The monoisotopic (exact) mass is 238 g/mol. The summed E-state index contributed by atoms with van der Waals surface area (Å²) in [7, 11) is 1.79. The van der Waals surface area contributed by atoms with E-state index in [0.717, 1.165) is 5.69 Å². The Hall–Kier alpha value is -1.40. The number of aryl methyl sites for hydroxylation is 2. The second kappa shape index (κ2) is 4.12. The van der Waals surface area contributed by atoms with Gasteiger partial charge in [0.2, 0.25) is 5.91 Å². The van der Waals surface area contributed by atoms with Crippen LogP contribution in [0.3, 0.4) is 0 Å². The largest absolute Gasteiger partial charge is 0.379 e. The van der Waals surface area contributed by atoms with Crippen molar-refractivity contribution in [3.8, 4) is 0 Å². The summed E-state index contributed by atoms with van der Waals surface area (Å²) in [5.41, 5.74) is 6.10. The molecule has 2 rings (SSSR count). The summed E-state index contributed by atoms with van der Waals surface area (Å²) in [5, 5.41) is 7.02. The number of aromatic nitrogens is 2. The molecule has 0 saturated carbocycles. The summed E-state index contributed by atoms with van der Waals surface area (Å²) >= 11 is 0. The lowest BCUT2D eigenvalue weighted by molar-refractivity contribution is -0.125. The standard InChI is InChI=1S/C11H18N4O2/c1-7-4-9(15(3)14-7)13-10(16)11(2)6-17-5-8(11)12/h4,8H,5-6,12H2,1-3H3,(H,13,16). The summed E-state index contributed by atoms with van der Waals surface area (Å²) in [6.45, 7) is 4.48. The lowest BCUT2D eigenvalue weighted by atomic mass is 9.85. The average Bonchev–Trinajstić information content (AvgIpc) is 2.73. The maximum Gasteiger partial charge on any atom is 0.235 e. The first-order valence-corrected chi connectivity index (χ1v) is 5.59. The zero-order valence-electron chi connectivity index (χ0n) is 10.4.